The lowest BCUT2D eigenvalue weighted by Gasteiger charge is -2.14. The molecule has 1 aliphatic heterocycles. The number of nitrogens with one attached hydrogen (secondary N) is 1. The van der Waals surface area contributed by atoms with Crippen LogP contribution in [-0.2, 0) is 4.74 Å². The van der Waals surface area contributed by atoms with Gasteiger partial charge < -0.3 is 10.1 Å². The first-order chi connectivity index (χ1) is 11.1. The molecule has 0 atom stereocenters. The highest BCUT2D eigenvalue weighted by Crippen LogP contribution is 2.36. The molecule has 1 heterocycles. The number of hydrogen-bond acceptors (Lipinski definition) is 3. The van der Waals surface area contributed by atoms with E-state index in [2.05, 4.69) is 11.4 Å². The molecule has 0 saturated carbocycles. The standard InChI is InChI=1S/C18H15Cl2NOS/c1-11-6-7-14(19)17(16(11)20)21-15-5-3-2-4-12(15)10-13-8-9-22-18(13)23/h2-7,10,21H,8-9H2,1H3/b13-10+. The predicted molar refractivity (Wildman–Crippen MR) is 102 cm³/mol. The topological polar surface area (TPSA) is 21.3 Å². The normalized spacial score (nSPS) is 15.8. The number of rotatable bonds is 3. The van der Waals surface area contributed by atoms with Crippen LogP contribution in [0.4, 0.5) is 11.4 Å². The van der Waals surface area contributed by atoms with E-state index in [0.717, 1.165) is 28.8 Å². The van der Waals surface area contributed by atoms with E-state index in [1.54, 1.807) is 0 Å². The molecule has 0 unspecified atom stereocenters. The molecule has 0 aromatic heterocycles. The van der Waals surface area contributed by atoms with E-state index in [0.29, 0.717) is 27.4 Å². The van der Waals surface area contributed by atoms with Crippen LogP contribution in [0.1, 0.15) is 17.5 Å². The Hall–Kier alpha value is -1.55. The molecule has 0 aliphatic carbocycles. The van der Waals surface area contributed by atoms with Crippen LogP contribution >= 0.6 is 35.4 Å². The lowest BCUT2D eigenvalue weighted by Crippen LogP contribution is -1.97. The zero-order valence-corrected chi connectivity index (χ0v) is 14.9. The van der Waals surface area contributed by atoms with Gasteiger partial charge in [0.15, 0.2) is 5.05 Å². The van der Waals surface area contributed by atoms with E-state index in [9.17, 15) is 0 Å². The molecule has 0 bridgehead atoms. The van der Waals surface area contributed by atoms with Crippen LogP contribution in [0.5, 0.6) is 0 Å². The van der Waals surface area contributed by atoms with E-state index in [1.165, 1.54) is 0 Å². The number of halogens is 2. The largest absolute Gasteiger partial charge is 0.483 e. The van der Waals surface area contributed by atoms with Crippen molar-refractivity contribution >= 4 is 57.9 Å². The molecule has 5 heteroatoms. The number of para-hydroxylation sites is 1. The monoisotopic (exact) mass is 363 g/mol. The maximum Gasteiger partial charge on any atom is 0.187 e. The lowest BCUT2D eigenvalue weighted by molar-refractivity contribution is 0.351. The number of hydrogen-bond donors (Lipinski definition) is 1. The molecule has 2 nitrogen and oxygen atoms in total. The second kappa shape index (κ2) is 6.91. The van der Waals surface area contributed by atoms with Crippen molar-refractivity contribution < 1.29 is 4.74 Å². The van der Waals surface area contributed by atoms with Crippen molar-refractivity contribution in [1.29, 1.82) is 0 Å². The first-order valence-electron chi connectivity index (χ1n) is 7.24. The number of benzene rings is 2. The van der Waals surface area contributed by atoms with Crippen LogP contribution in [0.2, 0.25) is 10.0 Å². The third-order valence-electron chi connectivity index (χ3n) is 3.70. The van der Waals surface area contributed by atoms with Gasteiger partial charge >= 0.3 is 0 Å². The molecule has 0 amide bonds. The van der Waals surface area contributed by atoms with Crippen molar-refractivity contribution in [3.8, 4) is 0 Å². The summed E-state index contributed by atoms with van der Waals surface area (Å²) in [4.78, 5) is 0. The zero-order chi connectivity index (χ0) is 16.4. The van der Waals surface area contributed by atoms with Gasteiger partial charge in [-0.1, -0.05) is 47.5 Å². The molecule has 1 saturated heterocycles. The van der Waals surface area contributed by atoms with Crippen LogP contribution in [0.25, 0.3) is 6.08 Å². The van der Waals surface area contributed by atoms with Crippen LogP contribution in [0.3, 0.4) is 0 Å². The average molecular weight is 364 g/mol. The van der Waals surface area contributed by atoms with Crippen molar-refractivity contribution in [1.82, 2.24) is 0 Å². The van der Waals surface area contributed by atoms with Gasteiger partial charge in [0.25, 0.3) is 0 Å². The highest BCUT2D eigenvalue weighted by molar-refractivity contribution is 7.80. The van der Waals surface area contributed by atoms with Crippen LogP contribution in [0, 0.1) is 6.92 Å². The second-order valence-electron chi connectivity index (χ2n) is 5.32. The van der Waals surface area contributed by atoms with Crippen LogP contribution in [-0.4, -0.2) is 11.7 Å². The number of thiocarbonyl (C=S) groups is 1. The smallest absolute Gasteiger partial charge is 0.187 e. The molecule has 1 fully saturated rings. The first kappa shape index (κ1) is 16.3. The van der Waals surface area contributed by atoms with Crippen LogP contribution < -0.4 is 5.32 Å². The number of anilines is 2. The Morgan fingerprint density at radius 3 is 2.70 bits per heavy atom. The summed E-state index contributed by atoms with van der Waals surface area (Å²) in [5.41, 5.74) is 4.66. The van der Waals surface area contributed by atoms with E-state index in [-0.39, 0.29) is 0 Å². The number of aryl methyl sites for hydroxylation is 1. The van der Waals surface area contributed by atoms with Crippen molar-refractivity contribution in [2.75, 3.05) is 11.9 Å². The Morgan fingerprint density at radius 1 is 1.17 bits per heavy atom. The first-order valence-corrected chi connectivity index (χ1v) is 8.41. The molecule has 0 spiro atoms. The molecule has 2 aromatic rings. The summed E-state index contributed by atoms with van der Waals surface area (Å²) in [6, 6.07) is 11.7. The third kappa shape index (κ3) is 3.52. The molecule has 1 aliphatic rings. The molecular weight excluding hydrogens is 349 g/mol. The highest BCUT2D eigenvalue weighted by atomic mass is 35.5. The summed E-state index contributed by atoms with van der Waals surface area (Å²) in [5.74, 6) is 0. The van der Waals surface area contributed by atoms with E-state index >= 15 is 0 Å². The van der Waals surface area contributed by atoms with Gasteiger partial charge in [0, 0.05) is 17.7 Å². The average Bonchev–Trinajstić information content (AvgIpc) is 2.94. The van der Waals surface area contributed by atoms with Gasteiger partial charge in [0.05, 0.1) is 22.3 Å². The Kier molecular flexibility index (Phi) is 4.90. The third-order valence-corrected chi connectivity index (χ3v) is 4.88. The van der Waals surface area contributed by atoms with Gasteiger partial charge in [-0.25, -0.2) is 0 Å². The van der Waals surface area contributed by atoms with E-state index in [1.807, 2.05) is 43.3 Å². The second-order valence-corrected chi connectivity index (χ2v) is 6.48. The maximum absolute atomic E-state index is 6.39. The molecule has 118 valence electrons. The van der Waals surface area contributed by atoms with Gasteiger partial charge in [-0.15, -0.1) is 0 Å². The van der Waals surface area contributed by atoms with Gasteiger partial charge in [0.2, 0.25) is 0 Å². The summed E-state index contributed by atoms with van der Waals surface area (Å²) >= 11 is 17.9. The van der Waals surface area contributed by atoms with Crippen molar-refractivity contribution in [3.05, 3.63) is 63.1 Å². The predicted octanol–water partition coefficient (Wildman–Crippen LogP) is 6.18. The van der Waals surface area contributed by atoms with Crippen LogP contribution in [0.15, 0.2) is 42.0 Å². The lowest BCUT2D eigenvalue weighted by atomic mass is 10.1. The quantitative estimate of drug-likeness (QED) is 0.519. The fourth-order valence-electron chi connectivity index (χ4n) is 2.41. The fourth-order valence-corrected chi connectivity index (χ4v) is 3.12. The zero-order valence-electron chi connectivity index (χ0n) is 12.5. The Bertz CT molecular complexity index is 802. The van der Waals surface area contributed by atoms with Gasteiger partial charge in [-0.2, -0.15) is 0 Å². The van der Waals surface area contributed by atoms with Gasteiger partial charge in [-0.3, -0.25) is 0 Å². The van der Waals surface area contributed by atoms with Crippen molar-refractivity contribution in [2.45, 2.75) is 13.3 Å². The maximum atomic E-state index is 6.39. The molecule has 1 N–H and O–H groups in total. The minimum atomic E-state index is 0.575. The fraction of sp³-hybridized carbons (Fsp3) is 0.167. The van der Waals surface area contributed by atoms with Crippen molar-refractivity contribution in [2.24, 2.45) is 0 Å². The molecular formula is C18H15Cl2NOS. The molecule has 3 rings (SSSR count). The van der Waals surface area contributed by atoms with E-state index < -0.39 is 0 Å². The van der Waals surface area contributed by atoms with Crippen molar-refractivity contribution in [3.63, 3.8) is 0 Å². The summed E-state index contributed by atoms with van der Waals surface area (Å²) in [6.45, 7) is 2.60. The molecule has 2 aromatic carbocycles. The summed E-state index contributed by atoms with van der Waals surface area (Å²) in [7, 11) is 0. The Labute approximate surface area is 151 Å². The summed E-state index contributed by atoms with van der Waals surface area (Å²) < 4.78 is 5.35. The van der Waals surface area contributed by atoms with E-state index in [4.69, 9.17) is 40.2 Å². The summed E-state index contributed by atoms with van der Waals surface area (Å²) in [6.07, 6.45) is 2.88. The molecule has 23 heavy (non-hydrogen) atoms. The van der Waals surface area contributed by atoms with Gasteiger partial charge in [0.1, 0.15) is 0 Å². The highest BCUT2D eigenvalue weighted by Gasteiger charge is 2.16. The van der Waals surface area contributed by atoms with Gasteiger partial charge in [-0.05, 0) is 48.5 Å². The Balaban J connectivity index is 1.99. The Morgan fingerprint density at radius 2 is 1.96 bits per heavy atom. The summed E-state index contributed by atoms with van der Waals surface area (Å²) in [5, 5.41) is 5.13. The SMILES string of the molecule is Cc1ccc(Cl)c(Nc2ccccc2/C=C2\CCOC2=S)c1Cl. The minimum absolute atomic E-state index is 0.575. The minimum Gasteiger partial charge on any atom is -0.483 e. The molecule has 0 radical (unpaired) electrons. The number of ether oxygens (including phenoxy) is 1.